The van der Waals surface area contributed by atoms with Gasteiger partial charge in [-0.2, -0.15) is 17.5 Å². The maximum Gasteiger partial charge on any atom is 0.405 e. The first-order chi connectivity index (χ1) is 12.4. The highest BCUT2D eigenvalue weighted by atomic mass is 35.5. The number of hydrogen-bond acceptors (Lipinski definition) is 4. The van der Waals surface area contributed by atoms with Gasteiger partial charge in [-0.25, -0.2) is 8.42 Å². The first-order valence-electron chi connectivity index (χ1n) is 7.96. The summed E-state index contributed by atoms with van der Waals surface area (Å²) in [5.74, 6) is -0.766. The van der Waals surface area contributed by atoms with E-state index < -0.39 is 34.7 Å². The van der Waals surface area contributed by atoms with E-state index in [2.05, 4.69) is 0 Å². The number of benzene rings is 1. The minimum Gasteiger partial charge on any atom is -0.346 e. The van der Waals surface area contributed by atoms with Crippen LogP contribution in [0.2, 0.25) is 10.0 Å². The molecule has 1 aromatic carbocycles. The van der Waals surface area contributed by atoms with Crippen LogP contribution in [0.5, 0.6) is 0 Å². The summed E-state index contributed by atoms with van der Waals surface area (Å²) in [7, 11) is -3.93. The molecule has 0 bridgehead atoms. The van der Waals surface area contributed by atoms with E-state index in [1.165, 1.54) is 29.4 Å². The van der Waals surface area contributed by atoms with E-state index in [0.29, 0.717) is 0 Å². The van der Waals surface area contributed by atoms with Crippen LogP contribution in [0.25, 0.3) is 0 Å². The fourth-order valence-corrected chi connectivity index (χ4v) is 5.20. The molecule has 0 aromatic heterocycles. The lowest BCUT2D eigenvalue weighted by atomic mass is 10.2. The Morgan fingerprint density at radius 1 is 1.19 bits per heavy atom. The van der Waals surface area contributed by atoms with Gasteiger partial charge in [0.2, 0.25) is 15.9 Å². The lowest BCUT2D eigenvalue weighted by Crippen LogP contribution is -2.55. The molecule has 27 heavy (non-hydrogen) atoms. The number of carbonyl (C=O) groups excluding carboxylic acids is 1. The number of nitrogens with one attached hydrogen (secondary N) is 1. The molecule has 6 nitrogen and oxygen atoms in total. The zero-order valence-electron chi connectivity index (χ0n) is 14.3. The smallest absolute Gasteiger partial charge is 0.346 e. The van der Waals surface area contributed by atoms with Crippen LogP contribution in [0.4, 0.5) is 13.2 Å². The maximum atomic E-state index is 12.8. The van der Waals surface area contributed by atoms with Gasteiger partial charge in [0, 0.05) is 26.2 Å². The molecule has 1 aliphatic heterocycles. The molecule has 1 heterocycles. The number of rotatable bonds is 5. The SMILES string of the molecule is CC(C(=O)NCC(F)(F)F)N1CCN(S(=O)(=O)c2c(Cl)cccc2Cl)CC1. The summed E-state index contributed by atoms with van der Waals surface area (Å²) in [5, 5.41) is 1.84. The Labute approximate surface area is 165 Å². The van der Waals surface area contributed by atoms with Crippen LogP contribution in [0, 0.1) is 0 Å². The lowest BCUT2D eigenvalue weighted by Gasteiger charge is -2.36. The third kappa shape index (κ3) is 5.47. The summed E-state index contributed by atoms with van der Waals surface area (Å²) in [6.07, 6.45) is -4.49. The van der Waals surface area contributed by atoms with Gasteiger partial charge in [0.1, 0.15) is 11.4 Å². The van der Waals surface area contributed by atoms with Gasteiger partial charge < -0.3 is 5.32 Å². The normalized spacial score (nSPS) is 18.3. The van der Waals surface area contributed by atoms with Gasteiger partial charge in [-0.15, -0.1) is 0 Å². The molecule has 152 valence electrons. The first-order valence-corrected chi connectivity index (χ1v) is 10.2. The van der Waals surface area contributed by atoms with Gasteiger partial charge in [0.25, 0.3) is 0 Å². The highest BCUT2D eigenvalue weighted by Gasteiger charge is 2.35. The molecular formula is C15H18Cl2F3N3O3S. The number of alkyl halides is 3. The molecule has 1 fully saturated rings. The molecule has 0 spiro atoms. The van der Waals surface area contributed by atoms with E-state index in [4.69, 9.17) is 23.2 Å². The summed E-state index contributed by atoms with van der Waals surface area (Å²) in [6, 6.07) is 3.55. The Morgan fingerprint density at radius 2 is 1.70 bits per heavy atom. The first kappa shape index (κ1) is 22.2. The topological polar surface area (TPSA) is 69.7 Å². The standard InChI is InChI=1S/C15H18Cl2F3N3O3S/c1-10(14(24)21-9-15(18,19)20)22-5-7-23(8-6-22)27(25,26)13-11(16)3-2-4-12(13)17/h2-4,10H,5-9H2,1H3,(H,21,24). The molecule has 2 rings (SSSR count). The molecule has 1 aliphatic rings. The van der Waals surface area contributed by atoms with Crippen molar-refractivity contribution in [2.75, 3.05) is 32.7 Å². The van der Waals surface area contributed by atoms with Gasteiger partial charge >= 0.3 is 6.18 Å². The predicted octanol–water partition coefficient (Wildman–Crippen LogP) is 2.37. The van der Waals surface area contributed by atoms with Crippen LogP contribution in [-0.4, -0.2) is 68.5 Å². The van der Waals surface area contributed by atoms with E-state index >= 15 is 0 Å². The van der Waals surface area contributed by atoms with Crippen LogP contribution in [-0.2, 0) is 14.8 Å². The summed E-state index contributed by atoms with van der Waals surface area (Å²) < 4.78 is 63.4. The van der Waals surface area contributed by atoms with Crippen molar-refractivity contribution in [2.24, 2.45) is 0 Å². The zero-order chi connectivity index (χ0) is 20.4. The molecule has 1 aromatic rings. The van der Waals surface area contributed by atoms with Crippen molar-refractivity contribution in [3.63, 3.8) is 0 Å². The number of nitrogens with zero attached hydrogens (tertiary/aromatic N) is 2. The van der Waals surface area contributed by atoms with Crippen molar-refractivity contribution in [3.8, 4) is 0 Å². The molecule has 12 heteroatoms. The second-order valence-electron chi connectivity index (χ2n) is 6.00. The van der Waals surface area contributed by atoms with Gasteiger partial charge in [-0.05, 0) is 19.1 Å². The highest BCUT2D eigenvalue weighted by molar-refractivity contribution is 7.89. The molecule has 1 N–H and O–H groups in total. The fraction of sp³-hybridized carbons (Fsp3) is 0.533. The molecule has 0 radical (unpaired) electrons. The van der Waals surface area contributed by atoms with Gasteiger partial charge in [-0.3, -0.25) is 9.69 Å². The van der Waals surface area contributed by atoms with E-state index in [1.54, 1.807) is 4.90 Å². The summed E-state index contributed by atoms with van der Waals surface area (Å²) in [4.78, 5) is 13.3. The summed E-state index contributed by atoms with van der Waals surface area (Å²) in [5.41, 5.74) is 0. The molecule has 0 saturated carbocycles. The van der Waals surface area contributed by atoms with Gasteiger partial charge in [0.05, 0.1) is 16.1 Å². The second-order valence-corrected chi connectivity index (χ2v) is 8.69. The molecular weight excluding hydrogens is 430 g/mol. The minimum absolute atomic E-state index is 0.00447. The molecule has 1 amide bonds. The molecule has 0 aliphatic carbocycles. The van der Waals surface area contributed by atoms with E-state index in [-0.39, 0.29) is 41.1 Å². The van der Waals surface area contributed by atoms with Crippen molar-refractivity contribution in [3.05, 3.63) is 28.2 Å². The minimum atomic E-state index is -4.49. The van der Waals surface area contributed by atoms with Crippen molar-refractivity contribution in [1.82, 2.24) is 14.5 Å². The average Bonchev–Trinajstić information content (AvgIpc) is 2.58. The molecule has 1 atom stereocenters. The number of carbonyl (C=O) groups is 1. The number of halogens is 5. The van der Waals surface area contributed by atoms with Crippen molar-refractivity contribution in [2.45, 2.75) is 24.0 Å². The quantitative estimate of drug-likeness (QED) is 0.751. The highest BCUT2D eigenvalue weighted by Crippen LogP contribution is 2.32. The third-order valence-electron chi connectivity index (χ3n) is 4.18. The fourth-order valence-electron chi connectivity index (χ4n) is 2.69. The van der Waals surface area contributed by atoms with Crippen molar-refractivity contribution >= 4 is 39.1 Å². The van der Waals surface area contributed by atoms with Crippen LogP contribution in [0.1, 0.15) is 6.92 Å². The predicted molar refractivity (Wildman–Crippen MR) is 95.3 cm³/mol. The number of amides is 1. The van der Waals surface area contributed by atoms with E-state index in [9.17, 15) is 26.4 Å². The zero-order valence-corrected chi connectivity index (χ0v) is 16.6. The Bertz CT molecular complexity index is 777. The Balaban J connectivity index is 2.01. The third-order valence-corrected chi connectivity index (χ3v) is 7.04. The van der Waals surface area contributed by atoms with E-state index in [0.717, 1.165) is 0 Å². The largest absolute Gasteiger partial charge is 0.405 e. The molecule has 1 saturated heterocycles. The van der Waals surface area contributed by atoms with Gasteiger partial charge in [0.15, 0.2) is 0 Å². The summed E-state index contributed by atoms with van der Waals surface area (Å²) in [6.45, 7) is 0.543. The Hall–Kier alpha value is -1.07. The van der Waals surface area contributed by atoms with Crippen molar-refractivity contribution < 1.29 is 26.4 Å². The van der Waals surface area contributed by atoms with Crippen LogP contribution in [0.15, 0.2) is 23.1 Å². The number of hydrogen-bond donors (Lipinski definition) is 1. The van der Waals surface area contributed by atoms with Crippen molar-refractivity contribution in [1.29, 1.82) is 0 Å². The summed E-state index contributed by atoms with van der Waals surface area (Å²) >= 11 is 12.0. The van der Waals surface area contributed by atoms with Gasteiger partial charge in [-0.1, -0.05) is 29.3 Å². The van der Waals surface area contributed by atoms with Crippen LogP contribution in [0.3, 0.4) is 0 Å². The number of piperazine rings is 1. The average molecular weight is 448 g/mol. The van der Waals surface area contributed by atoms with Crippen LogP contribution < -0.4 is 5.32 Å². The van der Waals surface area contributed by atoms with E-state index in [1.807, 2.05) is 5.32 Å². The van der Waals surface area contributed by atoms with Crippen LogP contribution >= 0.6 is 23.2 Å². The maximum absolute atomic E-state index is 12.8. The number of sulfonamides is 1. The Morgan fingerprint density at radius 3 is 2.19 bits per heavy atom. The monoisotopic (exact) mass is 447 g/mol. The lowest BCUT2D eigenvalue weighted by molar-refractivity contribution is -0.141. The molecule has 1 unspecified atom stereocenters. The Kier molecular flexibility index (Phi) is 7.01. The second kappa shape index (κ2) is 8.52.